The minimum absolute atomic E-state index is 0.0696. The van der Waals surface area contributed by atoms with E-state index in [1.165, 1.54) is 11.3 Å². The summed E-state index contributed by atoms with van der Waals surface area (Å²) in [5.41, 5.74) is 1.96. The van der Waals surface area contributed by atoms with Crippen LogP contribution < -0.4 is 5.32 Å². The Bertz CT molecular complexity index is 724. The fraction of sp³-hybridized carbons (Fsp3) is 0.500. The number of likely N-dealkylation sites (tertiary alicyclic amines) is 1. The third-order valence-corrected chi connectivity index (χ3v) is 6.08. The molecule has 2 heterocycles. The molecule has 0 saturated carbocycles. The number of benzene rings is 1. The molecule has 1 atom stereocenters. The fourth-order valence-electron chi connectivity index (χ4n) is 3.47. The Hall–Kier alpha value is -1.92. The molecule has 0 spiro atoms. The Morgan fingerprint density at radius 3 is 2.69 bits per heavy atom. The summed E-state index contributed by atoms with van der Waals surface area (Å²) in [5, 5.41) is 14.5. The number of nitrogens with one attached hydrogen (secondary N) is 1. The van der Waals surface area contributed by atoms with Crippen LogP contribution in [-0.2, 0) is 6.42 Å². The van der Waals surface area contributed by atoms with Gasteiger partial charge in [0.25, 0.3) is 5.91 Å². The summed E-state index contributed by atoms with van der Waals surface area (Å²) >= 11 is 1.43. The van der Waals surface area contributed by atoms with E-state index in [0.717, 1.165) is 40.7 Å². The van der Waals surface area contributed by atoms with Gasteiger partial charge in [-0.3, -0.25) is 4.79 Å². The van der Waals surface area contributed by atoms with E-state index in [4.69, 9.17) is 0 Å². The molecular weight excluding hydrogens is 346 g/mol. The van der Waals surface area contributed by atoms with Gasteiger partial charge in [-0.1, -0.05) is 41.7 Å². The van der Waals surface area contributed by atoms with Gasteiger partial charge in [0.1, 0.15) is 4.88 Å². The van der Waals surface area contributed by atoms with E-state index < -0.39 is 0 Å². The first-order valence-corrected chi connectivity index (χ1v) is 10.1. The summed E-state index contributed by atoms with van der Waals surface area (Å²) < 4.78 is 0. The lowest BCUT2D eigenvalue weighted by Gasteiger charge is -2.34. The van der Waals surface area contributed by atoms with Gasteiger partial charge >= 0.3 is 0 Å². The third kappa shape index (κ3) is 4.43. The molecule has 1 aromatic carbocycles. The molecule has 3 rings (SSSR count). The zero-order chi connectivity index (χ0) is 18.5. The number of aryl methyl sites for hydroxylation is 1. The van der Waals surface area contributed by atoms with E-state index in [0.29, 0.717) is 19.5 Å². The lowest BCUT2D eigenvalue weighted by atomic mass is 9.88. The molecule has 0 aliphatic carbocycles. The second kappa shape index (κ2) is 8.64. The topological polar surface area (TPSA) is 65.5 Å². The van der Waals surface area contributed by atoms with Crippen LogP contribution in [0.25, 0.3) is 0 Å². The van der Waals surface area contributed by atoms with Gasteiger partial charge in [-0.2, -0.15) is 0 Å². The van der Waals surface area contributed by atoms with Gasteiger partial charge < -0.3 is 15.3 Å². The molecule has 5 nitrogen and oxygen atoms in total. The highest BCUT2D eigenvalue weighted by Gasteiger charge is 2.29. The molecule has 0 radical (unpaired) electrons. The minimum atomic E-state index is -0.347. The summed E-state index contributed by atoms with van der Waals surface area (Å²) in [5.74, 6) is 0.319. The number of hydrogen-bond donors (Lipinski definition) is 2. The van der Waals surface area contributed by atoms with Crippen LogP contribution in [0.1, 0.15) is 40.7 Å². The van der Waals surface area contributed by atoms with Crippen LogP contribution in [0.5, 0.6) is 0 Å². The van der Waals surface area contributed by atoms with Gasteiger partial charge in [0.2, 0.25) is 0 Å². The van der Waals surface area contributed by atoms with Crippen molar-refractivity contribution < 1.29 is 9.90 Å². The number of thiazole rings is 1. The number of hydrogen-bond acceptors (Lipinski definition) is 5. The minimum Gasteiger partial charge on any atom is -0.392 e. The molecule has 26 heavy (non-hydrogen) atoms. The Labute approximate surface area is 159 Å². The maximum atomic E-state index is 12.8. The number of rotatable bonds is 6. The van der Waals surface area contributed by atoms with Crippen molar-refractivity contribution in [3.8, 4) is 0 Å². The molecule has 1 saturated heterocycles. The van der Waals surface area contributed by atoms with Crippen LogP contribution >= 0.6 is 11.3 Å². The van der Waals surface area contributed by atoms with Crippen molar-refractivity contribution in [1.29, 1.82) is 0 Å². The third-order valence-electron chi connectivity index (χ3n) is 4.98. The van der Waals surface area contributed by atoms with E-state index >= 15 is 0 Å². The zero-order valence-corrected chi connectivity index (χ0v) is 16.3. The largest absolute Gasteiger partial charge is 0.392 e. The summed E-state index contributed by atoms with van der Waals surface area (Å²) in [6.07, 6.45) is 2.02. The SMILES string of the molecule is CCNc1nc(C)c(C(=O)N2CCC([C@H](O)Cc3ccccc3)CC2)s1. The molecule has 1 fully saturated rings. The van der Waals surface area contributed by atoms with Crippen molar-refractivity contribution in [1.82, 2.24) is 9.88 Å². The Balaban J connectivity index is 1.55. The molecule has 0 unspecified atom stereocenters. The lowest BCUT2D eigenvalue weighted by molar-refractivity contribution is 0.0470. The van der Waals surface area contributed by atoms with E-state index in [1.54, 1.807) is 0 Å². The van der Waals surface area contributed by atoms with Crippen molar-refractivity contribution in [2.24, 2.45) is 5.92 Å². The molecule has 2 aromatic rings. The molecule has 2 N–H and O–H groups in total. The first-order valence-electron chi connectivity index (χ1n) is 9.31. The van der Waals surface area contributed by atoms with Crippen molar-refractivity contribution in [2.45, 2.75) is 39.2 Å². The smallest absolute Gasteiger partial charge is 0.265 e. The maximum absolute atomic E-state index is 12.8. The first kappa shape index (κ1) is 18.9. The molecule has 1 aliphatic rings. The van der Waals surface area contributed by atoms with Crippen LogP contribution in [-0.4, -0.2) is 46.6 Å². The number of aliphatic hydroxyl groups excluding tert-OH is 1. The van der Waals surface area contributed by atoms with Gasteiger partial charge in [-0.15, -0.1) is 0 Å². The average Bonchev–Trinajstić information content (AvgIpc) is 3.02. The summed E-state index contributed by atoms with van der Waals surface area (Å²) in [6.45, 7) is 6.10. The van der Waals surface area contributed by atoms with E-state index in [2.05, 4.69) is 22.4 Å². The highest BCUT2D eigenvalue weighted by atomic mass is 32.1. The molecular formula is C20H27N3O2S. The van der Waals surface area contributed by atoms with Crippen LogP contribution in [0.3, 0.4) is 0 Å². The number of anilines is 1. The number of nitrogens with zero attached hydrogens (tertiary/aromatic N) is 2. The highest BCUT2D eigenvalue weighted by molar-refractivity contribution is 7.17. The van der Waals surface area contributed by atoms with Crippen molar-refractivity contribution in [2.75, 3.05) is 25.0 Å². The van der Waals surface area contributed by atoms with E-state index in [1.807, 2.05) is 36.9 Å². The van der Waals surface area contributed by atoms with Gasteiger partial charge in [0.15, 0.2) is 5.13 Å². The number of carbonyl (C=O) groups excluding carboxylic acids is 1. The summed E-state index contributed by atoms with van der Waals surface area (Å²) in [6, 6.07) is 10.1. The van der Waals surface area contributed by atoms with Gasteiger partial charge in [-0.25, -0.2) is 4.98 Å². The van der Waals surface area contributed by atoms with Gasteiger partial charge in [0, 0.05) is 19.6 Å². The number of aromatic nitrogens is 1. The molecule has 1 aliphatic heterocycles. The highest BCUT2D eigenvalue weighted by Crippen LogP contribution is 2.28. The number of carbonyl (C=O) groups is 1. The summed E-state index contributed by atoms with van der Waals surface area (Å²) in [4.78, 5) is 19.9. The summed E-state index contributed by atoms with van der Waals surface area (Å²) in [7, 11) is 0. The van der Waals surface area contributed by atoms with Crippen LogP contribution in [0, 0.1) is 12.8 Å². The lowest BCUT2D eigenvalue weighted by Crippen LogP contribution is -2.41. The molecule has 0 bridgehead atoms. The molecule has 6 heteroatoms. The van der Waals surface area contributed by atoms with E-state index in [9.17, 15) is 9.90 Å². The van der Waals surface area contributed by atoms with Crippen molar-refractivity contribution in [3.63, 3.8) is 0 Å². The quantitative estimate of drug-likeness (QED) is 0.815. The van der Waals surface area contributed by atoms with Crippen LogP contribution in [0.15, 0.2) is 30.3 Å². The standard InChI is InChI=1S/C20H27N3O2S/c1-3-21-20-22-14(2)18(26-20)19(25)23-11-9-16(10-12-23)17(24)13-15-7-5-4-6-8-15/h4-8,16-17,24H,3,9-13H2,1-2H3,(H,21,22)/t17-/m1/s1. The number of aliphatic hydroxyl groups is 1. The van der Waals surface area contributed by atoms with Crippen molar-refractivity contribution >= 4 is 22.4 Å². The average molecular weight is 374 g/mol. The molecule has 1 amide bonds. The number of amides is 1. The van der Waals surface area contributed by atoms with Gasteiger partial charge in [-0.05, 0) is 44.6 Å². The first-order chi connectivity index (χ1) is 12.6. The Kier molecular flexibility index (Phi) is 6.27. The Morgan fingerprint density at radius 2 is 2.04 bits per heavy atom. The molecule has 1 aromatic heterocycles. The van der Waals surface area contributed by atoms with E-state index in [-0.39, 0.29) is 17.9 Å². The Morgan fingerprint density at radius 1 is 1.35 bits per heavy atom. The van der Waals surface area contributed by atoms with Crippen LogP contribution in [0.2, 0.25) is 0 Å². The zero-order valence-electron chi connectivity index (χ0n) is 15.4. The normalized spacial score (nSPS) is 16.5. The predicted octanol–water partition coefficient (Wildman–Crippen LogP) is 3.34. The fourth-order valence-corrected chi connectivity index (χ4v) is 4.48. The predicted molar refractivity (Wildman–Crippen MR) is 106 cm³/mol. The second-order valence-electron chi connectivity index (χ2n) is 6.85. The van der Waals surface area contributed by atoms with Crippen molar-refractivity contribution in [3.05, 3.63) is 46.5 Å². The van der Waals surface area contributed by atoms with Crippen LogP contribution in [0.4, 0.5) is 5.13 Å². The van der Waals surface area contributed by atoms with Gasteiger partial charge in [0.05, 0.1) is 11.8 Å². The number of piperidine rings is 1. The monoisotopic (exact) mass is 373 g/mol. The maximum Gasteiger partial charge on any atom is 0.265 e. The molecule has 140 valence electrons. The second-order valence-corrected chi connectivity index (χ2v) is 7.85.